The van der Waals surface area contributed by atoms with Crippen molar-refractivity contribution in [3.05, 3.63) is 50.8 Å². The minimum atomic E-state index is -1.29. The normalized spacial score (nSPS) is 13.6. The number of nitrogens with one attached hydrogen (secondary N) is 2. The number of benzene rings is 1. The third-order valence-corrected chi connectivity index (χ3v) is 5.97. The summed E-state index contributed by atoms with van der Waals surface area (Å²) in [6.07, 6.45) is 0. The van der Waals surface area contributed by atoms with Crippen LogP contribution in [0.15, 0.2) is 34.5 Å². The van der Waals surface area contributed by atoms with Gasteiger partial charge in [-0.15, -0.1) is 11.3 Å². The van der Waals surface area contributed by atoms with Crippen LogP contribution >= 0.6 is 34.5 Å². The topological polar surface area (TPSA) is 58.2 Å². The third-order valence-electron chi connectivity index (χ3n) is 2.95. The highest BCUT2D eigenvalue weighted by Gasteiger charge is 2.16. The molecule has 4 nitrogen and oxygen atoms in total. The Kier molecular flexibility index (Phi) is 6.00. The van der Waals surface area contributed by atoms with Crippen LogP contribution < -0.4 is 10.0 Å². The van der Waals surface area contributed by atoms with E-state index in [1.54, 1.807) is 37.4 Å². The van der Waals surface area contributed by atoms with Gasteiger partial charge in [0.1, 0.15) is 15.2 Å². The van der Waals surface area contributed by atoms with Crippen molar-refractivity contribution in [3.8, 4) is 0 Å². The summed E-state index contributed by atoms with van der Waals surface area (Å²) < 4.78 is 14.9. The number of halogens is 2. The Morgan fingerprint density at radius 1 is 1.27 bits per heavy atom. The zero-order valence-electron chi connectivity index (χ0n) is 11.9. The number of hydrogen-bond acceptors (Lipinski definition) is 3. The van der Waals surface area contributed by atoms with Gasteiger partial charge in [0.05, 0.1) is 10.9 Å². The van der Waals surface area contributed by atoms with Gasteiger partial charge in [0.2, 0.25) is 0 Å². The lowest BCUT2D eigenvalue weighted by Crippen LogP contribution is -2.26. The monoisotopic (exact) mass is 376 g/mol. The summed E-state index contributed by atoms with van der Waals surface area (Å²) in [7, 11) is 0.309. The molecule has 0 saturated heterocycles. The fraction of sp³-hybridized carbons (Fsp3) is 0.214. The lowest BCUT2D eigenvalue weighted by molar-refractivity contribution is 0.0944. The number of amides is 1. The molecule has 118 valence electrons. The Bertz CT molecular complexity index is 719. The molecule has 1 heterocycles. The average Bonchev–Trinajstić information content (AvgIpc) is 2.96. The van der Waals surface area contributed by atoms with E-state index < -0.39 is 11.0 Å². The smallest absolute Gasteiger partial charge is 0.261 e. The second-order valence-electron chi connectivity index (χ2n) is 4.45. The highest BCUT2D eigenvalue weighted by atomic mass is 35.5. The van der Waals surface area contributed by atoms with Gasteiger partial charge < -0.3 is 5.32 Å². The molecule has 1 aromatic carbocycles. The molecule has 8 heteroatoms. The second kappa shape index (κ2) is 7.57. The molecule has 0 spiro atoms. The van der Waals surface area contributed by atoms with E-state index >= 15 is 0 Å². The maximum absolute atomic E-state index is 12.2. The molecule has 2 atom stereocenters. The van der Waals surface area contributed by atoms with Gasteiger partial charge in [-0.3, -0.25) is 4.79 Å². The van der Waals surface area contributed by atoms with Crippen LogP contribution in [0.4, 0.5) is 0 Å². The number of rotatable bonds is 5. The molecule has 1 amide bonds. The van der Waals surface area contributed by atoms with E-state index in [4.69, 9.17) is 23.2 Å². The quantitative estimate of drug-likeness (QED) is 0.833. The molecule has 0 saturated carbocycles. The molecular weight excluding hydrogens is 363 g/mol. The zero-order chi connectivity index (χ0) is 16.3. The summed E-state index contributed by atoms with van der Waals surface area (Å²) in [4.78, 5) is 12.7. The summed E-state index contributed by atoms with van der Waals surface area (Å²) in [5.41, 5.74) is 0.787. The third kappa shape index (κ3) is 4.08. The van der Waals surface area contributed by atoms with Crippen molar-refractivity contribution in [1.82, 2.24) is 10.0 Å². The molecule has 0 bridgehead atoms. The molecule has 1 aromatic heterocycles. The van der Waals surface area contributed by atoms with Gasteiger partial charge in [-0.2, -0.15) is 0 Å². The first-order valence-electron chi connectivity index (χ1n) is 6.37. The van der Waals surface area contributed by atoms with Gasteiger partial charge in [0, 0.05) is 10.0 Å². The van der Waals surface area contributed by atoms with Gasteiger partial charge in [0.25, 0.3) is 5.91 Å². The molecule has 0 aliphatic heterocycles. The van der Waals surface area contributed by atoms with Crippen molar-refractivity contribution in [2.24, 2.45) is 0 Å². The van der Waals surface area contributed by atoms with E-state index in [1.807, 2.05) is 6.92 Å². The van der Waals surface area contributed by atoms with Crippen molar-refractivity contribution >= 4 is 51.4 Å². The van der Waals surface area contributed by atoms with E-state index in [1.165, 1.54) is 11.3 Å². The van der Waals surface area contributed by atoms with Crippen molar-refractivity contribution in [2.75, 3.05) is 7.05 Å². The minimum absolute atomic E-state index is 0.233. The van der Waals surface area contributed by atoms with Crippen LogP contribution in [0.3, 0.4) is 0 Å². The molecule has 0 aliphatic carbocycles. The lowest BCUT2D eigenvalue weighted by atomic mass is 10.1. The molecule has 22 heavy (non-hydrogen) atoms. The summed E-state index contributed by atoms with van der Waals surface area (Å²) in [6, 6.07) is 8.21. The van der Waals surface area contributed by atoms with E-state index in [0.717, 1.165) is 5.56 Å². The Morgan fingerprint density at radius 3 is 2.64 bits per heavy atom. The van der Waals surface area contributed by atoms with Gasteiger partial charge >= 0.3 is 0 Å². The number of carbonyl (C=O) groups is 1. The van der Waals surface area contributed by atoms with Crippen LogP contribution in [0.5, 0.6) is 0 Å². The maximum Gasteiger partial charge on any atom is 0.261 e. The van der Waals surface area contributed by atoms with Crippen molar-refractivity contribution in [1.29, 1.82) is 0 Å². The molecule has 0 aliphatic rings. The van der Waals surface area contributed by atoms with E-state index in [0.29, 0.717) is 19.1 Å². The maximum atomic E-state index is 12.2. The molecule has 0 fully saturated rings. The zero-order valence-corrected chi connectivity index (χ0v) is 15.0. The highest BCUT2D eigenvalue weighted by molar-refractivity contribution is 7.85. The van der Waals surface area contributed by atoms with Gasteiger partial charge in [0.15, 0.2) is 0 Å². The SMILES string of the molecule is CNS(=O)c1ccc(C(=O)N[C@@H](C)c2ccc(Cl)cc2Cl)s1. The lowest BCUT2D eigenvalue weighted by Gasteiger charge is -2.15. The summed E-state index contributed by atoms with van der Waals surface area (Å²) in [5.74, 6) is -0.233. The highest BCUT2D eigenvalue weighted by Crippen LogP contribution is 2.27. The summed E-state index contributed by atoms with van der Waals surface area (Å²) in [5, 5.41) is 3.92. The number of carbonyl (C=O) groups excluding carboxylic acids is 1. The molecule has 0 radical (unpaired) electrons. The first-order chi connectivity index (χ1) is 10.4. The molecule has 2 N–H and O–H groups in total. The van der Waals surface area contributed by atoms with Crippen molar-refractivity contribution < 1.29 is 9.00 Å². The predicted octanol–water partition coefficient (Wildman–Crippen LogP) is 3.79. The fourth-order valence-corrected chi connectivity index (χ4v) is 4.27. The Balaban J connectivity index is 2.11. The Hall–Kier alpha value is -0.920. The van der Waals surface area contributed by atoms with E-state index in [2.05, 4.69) is 10.0 Å². The van der Waals surface area contributed by atoms with Crippen LogP contribution in [0.2, 0.25) is 10.0 Å². The summed E-state index contributed by atoms with van der Waals surface area (Å²) >= 11 is 13.2. The minimum Gasteiger partial charge on any atom is -0.345 e. The first kappa shape index (κ1) is 17.4. The number of thiophene rings is 1. The molecule has 2 rings (SSSR count). The van der Waals surface area contributed by atoms with Crippen LogP contribution in [-0.2, 0) is 11.0 Å². The van der Waals surface area contributed by atoms with Gasteiger partial charge in [-0.1, -0.05) is 29.3 Å². The van der Waals surface area contributed by atoms with Gasteiger partial charge in [-0.05, 0) is 43.8 Å². The standard InChI is InChI=1S/C14H14Cl2N2O2S2/c1-8(10-4-3-9(15)7-11(10)16)18-14(19)12-5-6-13(21-12)22(20)17-2/h3-8,17H,1-2H3,(H,18,19)/t8-,22?/m0/s1. The predicted molar refractivity (Wildman–Crippen MR) is 92.1 cm³/mol. The first-order valence-corrected chi connectivity index (χ1v) is 9.09. The van der Waals surface area contributed by atoms with E-state index in [-0.39, 0.29) is 11.9 Å². The van der Waals surface area contributed by atoms with Crippen LogP contribution in [0.25, 0.3) is 0 Å². The van der Waals surface area contributed by atoms with Crippen LogP contribution in [0, 0.1) is 0 Å². The largest absolute Gasteiger partial charge is 0.345 e. The van der Waals surface area contributed by atoms with E-state index in [9.17, 15) is 9.00 Å². The number of hydrogen-bond donors (Lipinski definition) is 2. The van der Waals surface area contributed by atoms with Crippen LogP contribution in [0.1, 0.15) is 28.2 Å². The van der Waals surface area contributed by atoms with Crippen LogP contribution in [-0.4, -0.2) is 17.2 Å². The summed E-state index contributed by atoms with van der Waals surface area (Å²) in [6.45, 7) is 1.84. The van der Waals surface area contributed by atoms with Crippen molar-refractivity contribution in [3.63, 3.8) is 0 Å². The van der Waals surface area contributed by atoms with Gasteiger partial charge in [-0.25, -0.2) is 8.93 Å². The Morgan fingerprint density at radius 2 is 2.00 bits per heavy atom. The molecule has 2 aromatic rings. The Labute approximate surface area is 145 Å². The second-order valence-corrected chi connectivity index (χ2v) is 8.02. The molecule has 1 unspecified atom stereocenters. The fourth-order valence-electron chi connectivity index (χ4n) is 1.84. The average molecular weight is 377 g/mol. The van der Waals surface area contributed by atoms with Crippen molar-refractivity contribution in [2.45, 2.75) is 17.2 Å². The molecular formula is C14H14Cl2N2O2S2.